The molecule has 53 heavy (non-hydrogen) atoms. The number of para-hydroxylation sites is 4. The Morgan fingerprint density at radius 1 is 0.340 bits per heavy atom. The number of benzene rings is 8. The molecule has 248 valence electrons. The molecule has 12 rings (SSSR count). The zero-order valence-corrected chi connectivity index (χ0v) is 29.5. The summed E-state index contributed by atoms with van der Waals surface area (Å²) in [5, 5.41) is 5.04. The smallest absolute Gasteiger partial charge is 0.0726 e. The average molecular weight is 675 g/mol. The lowest BCUT2D eigenvalue weighted by atomic mass is 9.69. The Labute approximate surface area is 307 Å². The molecule has 2 aliphatic rings. The Kier molecular flexibility index (Phi) is 5.60. The summed E-state index contributed by atoms with van der Waals surface area (Å²) in [6, 6.07) is 59.4. The minimum Gasteiger partial charge on any atom is -0.354 e. The maximum absolute atomic E-state index is 3.78. The van der Waals surface area contributed by atoms with Gasteiger partial charge in [0.1, 0.15) is 0 Å². The van der Waals surface area contributed by atoms with Crippen LogP contribution < -0.4 is 0 Å². The Morgan fingerprint density at radius 3 is 1.21 bits per heavy atom. The summed E-state index contributed by atoms with van der Waals surface area (Å²) in [4.78, 5) is 7.57. The largest absolute Gasteiger partial charge is 0.354 e. The van der Waals surface area contributed by atoms with Gasteiger partial charge in [0.05, 0.1) is 16.4 Å². The second-order valence-corrected chi connectivity index (χ2v) is 15.2. The molecule has 10 aromatic rings. The Balaban J connectivity index is 1.17. The lowest BCUT2D eigenvalue weighted by Gasteiger charge is -2.31. The minimum absolute atomic E-state index is 0.470. The third kappa shape index (κ3) is 3.72. The van der Waals surface area contributed by atoms with Crippen LogP contribution in [0.25, 0.3) is 88.1 Å². The van der Waals surface area contributed by atoms with Crippen LogP contribution >= 0.6 is 0 Å². The van der Waals surface area contributed by atoms with Gasteiger partial charge < -0.3 is 9.97 Å². The van der Waals surface area contributed by atoms with Gasteiger partial charge >= 0.3 is 0 Å². The lowest BCUT2D eigenvalue weighted by Crippen LogP contribution is -2.26. The topological polar surface area (TPSA) is 31.6 Å². The summed E-state index contributed by atoms with van der Waals surface area (Å²) in [6.45, 7) is 4.47. The molecule has 0 amide bonds. The number of aromatic amines is 2. The van der Waals surface area contributed by atoms with Crippen molar-refractivity contribution in [2.45, 2.75) is 19.3 Å². The molecule has 2 aromatic heterocycles. The van der Waals surface area contributed by atoms with Crippen molar-refractivity contribution in [3.05, 3.63) is 191 Å². The van der Waals surface area contributed by atoms with Gasteiger partial charge in [0, 0.05) is 43.7 Å². The van der Waals surface area contributed by atoms with Crippen LogP contribution in [-0.4, -0.2) is 9.97 Å². The zero-order chi connectivity index (χ0) is 35.0. The van der Waals surface area contributed by atoms with Gasteiger partial charge in [-0.05, 0) is 93.7 Å². The molecule has 8 aromatic carbocycles. The summed E-state index contributed by atoms with van der Waals surface area (Å²) in [7, 11) is 0. The molecule has 0 bridgehead atoms. The Morgan fingerprint density at radius 2 is 0.736 bits per heavy atom. The van der Waals surface area contributed by atoms with Crippen molar-refractivity contribution in [2.24, 2.45) is 0 Å². The van der Waals surface area contributed by atoms with Crippen molar-refractivity contribution >= 4 is 43.6 Å². The van der Waals surface area contributed by atoms with Crippen LogP contribution in [0.5, 0.6) is 0 Å². The van der Waals surface area contributed by atoms with E-state index in [1.807, 2.05) is 0 Å². The molecule has 2 heteroatoms. The van der Waals surface area contributed by atoms with E-state index in [0.717, 1.165) is 0 Å². The number of nitrogens with one attached hydrogen (secondary N) is 2. The van der Waals surface area contributed by atoms with E-state index in [-0.39, 0.29) is 0 Å². The van der Waals surface area contributed by atoms with E-state index in [0.29, 0.717) is 0 Å². The number of hydrogen-bond acceptors (Lipinski definition) is 0. The highest BCUT2D eigenvalue weighted by Gasteiger charge is 2.52. The maximum Gasteiger partial charge on any atom is 0.0726 e. The summed E-state index contributed by atoms with van der Waals surface area (Å²) < 4.78 is 0. The van der Waals surface area contributed by atoms with Gasteiger partial charge in [-0.3, -0.25) is 0 Å². The summed E-state index contributed by atoms with van der Waals surface area (Å²) in [6.07, 6.45) is 0. The van der Waals surface area contributed by atoms with Crippen LogP contribution in [0.15, 0.2) is 158 Å². The Bertz CT molecular complexity index is 2990. The molecule has 0 saturated carbocycles. The molecule has 0 unspecified atom stereocenters. The summed E-state index contributed by atoms with van der Waals surface area (Å²) in [5.74, 6) is 0. The van der Waals surface area contributed by atoms with Crippen molar-refractivity contribution in [1.82, 2.24) is 9.97 Å². The fraction of sp³-hybridized carbons (Fsp3) is 0.0588. The standard InChI is InChI=1S/C51H34N2/c1-29-17-21-35-36-22-18-30(2)26-44(36)51(43(35)25-29)45-27-31(33-11-7-13-41-39-9-3-5-15-47(39)52-49(33)41)19-23-37(45)38-24-20-32(28-46(38)51)34-12-8-14-42-40-10-4-6-16-48(40)53-50(34)42/h3-28,52-53H,1-2H3. The molecule has 2 heterocycles. The average Bonchev–Trinajstić information content (AvgIpc) is 3.92. The van der Waals surface area contributed by atoms with Crippen LogP contribution in [-0.2, 0) is 5.41 Å². The molecular weight excluding hydrogens is 641 g/mol. The number of H-pyrrole nitrogens is 2. The third-order valence-electron chi connectivity index (χ3n) is 12.3. The van der Waals surface area contributed by atoms with Gasteiger partial charge in [0.2, 0.25) is 0 Å². The van der Waals surface area contributed by atoms with Gasteiger partial charge in [0.15, 0.2) is 0 Å². The number of fused-ring (bicyclic) bond motifs is 16. The van der Waals surface area contributed by atoms with Gasteiger partial charge in [0.25, 0.3) is 0 Å². The van der Waals surface area contributed by atoms with Crippen LogP contribution in [0.1, 0.15) is 33.4 Å². The second kappa shape index (κ2) is 10.2. The van der Waals surface area contributed by atoms with E-state index in [1.165, 1.54) is 122 Å². The van der Waals surface area contributed by atoms with Gasteiger partial charge in [-0.2, -0.15) is 0 Å². The van der Waals surface area contributed by atoms with Crippen molar-refractivity contribution in [1.29, 1.82) is 0 Å². The molecule has 0 radical (unpaired) electrons. The first kappa shape index (κ1) is 29.0. The number of hydrogen-bond donors (Lipinski definition) is 2. The number of rotatable bonds is 2. The molecule has 2 aliphatic carbocycles. The highest BCUT2D eigenvalue weighted by Crippen LogP contribution is 2.64. The first-order valence-electron chi connectivity index (χ1n) is 18.6. The minimum atomic E-state index is -0.470. The third-order valence-corrected chi connectivity index (χ3v) is 12.3. The van der Waals surface area contributed by atoms with E-state index in [1.54, 1.807) is 0 Å². The van der Waals surface area contributed by atoms with Gasteiger partial charge in [-0.15, -0.1) is 0 Å². The van der Waals surface area contributed by atoms with Crippen LogP contribution in [0.3, 0.4) is 0 Å². The predicted octanol–water partition coefficient (Wildman–Crippen LogP) is 13.2. The molecule has 0 fully saturated rings. The second-order valence-electron chi connectivity index (χ2n) is 15.2. The normalized spacial score (nSPS) is 13.6. The van der Waals surface area contributed by atoms with Crippen molar-refractivity contribution in [2.75, 3.05) is 0 Å². The first-order chi connectivity index (χ1) is 26.1. The Hall–Kier alpha value is -6.64. The summed E-state index contributed by atoms with van der Waals surface area (Å²) in [5.41, 5.74) is 22.4. The maximum atomic E-state index is 3.78. The van der Waals surface area contributed by atoms with E-state index < -0.39 is 5.41 Å². The van der Waals surface area contributed by atoms with Crippen molar-refractivity contribution in [3.63, 3.8) is 0 Å². The molecule has 2 N–H and O–H groups in total. The van der Waals surface area contributed by atoms with Gasteiger partial charge in [-0.25, -0.2) is 0 Å². The number of aromatic nitrogens is 2. The molecule has 0 saturated heterocycles. The molecular formula is C51H34N2. The summed E-state index contributed by atoms with van der Waals surface area (Å²) >= 11 is 0. The predicted molar refractivity (Wildman–Crippen MR) is 222 cm³/mol. The van der Waals surface area contributed by atoms with Crippen LogP contribution in [0.4, 0.5) is 0 Å². The van der Waals surface area contributed by atoms with E-state index in [2.05, 4.69) is 182 Å². The van der Waals surface area contributed by atoms with E-state index >= 15 is 0 Å². The highest BCUT2D eigenvalue weighted by molar-refractivity contribution is 6.13. The molecule has 2 nitrogen and oxygen atoms in total. The monoisotopic (exact) mass is 674 g/mol. The SMILES string of the molecule is Cc1ccc2c(c1)C1(c3cc(C)ccc3-2)c2cc(-c3cccc4c3[nH]c3ccccc34)ccc2-c2ccc(-c3cccc4c3[nH]c3ccccc34)cc21. The van der Waals surface area contributed by atoms with Crippen molar-refractivity contribution < 1.29 is 0 Å². The van der Waals surface area contributed by atoms with Crippen LogP contribution in [0.2, 0.25) is 0 Å². The fourth-order valence-electron chi connectivity index (χ4n) is 10.0. The van der Waals surface area contributed by atoms with E-state index in [9.17, 15) is 0 Å². The molecule has 0 atom stereocenters. The lowest BCUT2D eigenvalue weighted by molar-refractivity contribution is 0.792. The molecule has 0 aliphatic heterocycles. The fourth-order valence-corrected chi connectivity index (χ4v) is 10.0. The highest BCUT2D eigenvalue weighted by atomic mass is 14.7. The van der Waals surface area contributed by atoms with Gasteiger partial charge in [-0.1, -0.05) is 145 Å². The van der Waals surface area contributed by atoms with E-state index in [4.69, 9.17) is 0 Å². The quantitative estimate of drug-likeness (QED) is 0.183. The van der Waals surface area contributed by atoms with Crippen LogP contribution in [0, 0.1) is 13.8 Å². The molecule has 1 spiro atoms. The number of aryl methyl sites for hydroxylation is 2. The van der Waals surface area contributed by atoms with Crippen molar-refractivity contribution in [3.8, 4) is 44.5 Å². The first-order valence-corrected chi connectivity index (χ1v) is 18.6. The zero-order valence-electron chi connectivity index (χ0n) is 29.5.